The molecule has 2 nitrogen and oxygen atoms in total. The third kappa shape index (κ3) is 10.2. The molecule has 2 heteroatoms. The van der Waals surface area contributed by atoms with Crippen LogP contribution in [0.3, 0.4) is 0 Å². The average Bonchev–Trinajstić information content (AvgIpc) is 2.33. The Kier molecular flexibility index (Phi) is 8.72. The van der Waals surface area contributed by atoms with Crippen LogP contribution in [0.4, 0.5) is 0 Å². The van der Waals surface area contributed by atoms with Gasteiger partial charge in [-0.1, -0.05) is 81.1 Å². The molecule has 0 saturated heterocycles. The fourth-order valence-electron chi connectivity index (χ4n) is 2.81. The molecule has 1 unspecified atom stereocenters. The zero-order valence-corrected chi connectivity index (χ0v) is 16.6. The summed E-state index contributed by atoms with van der Waals surface area (Å²) in [4.78, 5) is 12.6. The van der Waals surface area contributed by atoms with Gasteiger partial charge in [-0.15, -0.1) is 0 Å². The zero-order chi connectivity index (χ0) is 17.4. The highest BCUT2D eigenvalue weighted by Crippen LogP contribution is 2.31. The Morgan fingerprint density at radius 3 is 1.77 bits per heavy atom. The summed E-state index contributed by atoms with van der Waals surface area (Å²) in [5.41, 5.74) is 0.383. The molecular formula is C20H41NO. The number of hydrogen-bond donors (Lipinski definition) is 1. The van der Waals surface area contributed by atoms with Crippen molar-refractivity contribution in [2.45, 2.75) is 100 Å². The van der Waals surface area contributed by atoms with Crippen LogP contribution in [-0.4, -0.2) is 12.5 Å². The van der Waals surface area contributed by atoms with Crippen molar-refractivity contribution < 1.29 is 4.79 Å². The second-order valence-corrected chi connectivity index (χ2v) is 9.68. The van der Waals surface area contributed by atoms with E-state index >= 15 is 0 Å². The number of hydrogen-bond acceptors (Lipinski definition) is 1. The van der Waals surface area contributed by atoms with E-state index in [4.69, 9.17) is 0 Å². The van der Waals surface area contributed by atoms with Gasteiger partial charge in [0.15, 0.2) is 0 Å². The third-order valence-corrected chi connectivity index (χ3v) is 4.28. The van der Waals surface area contributed by atoms with Gasteiger partial charge in [0, 0.05) is 12.0 Å². The summed E-state index contributed by atoms with van der Waals surface area (Å²) in [7, 11) is 0. The van der Waals surface area contributed by atoms with Crippen LogP contribution in [0.15, 0.2) is 0 Å². The number of carbonyl (C=O) groups excluding carboxylic acids is 1. The van der Waals surface area contributed by atoms with Crippen LogP contribution in [0, 0.1) is 16.2 Å². The van der Waals surface area contributed by atoms with Crippen molar-refractivity contribution in [2.75, 3.05) is 6.54 Å². The van der Waals surface area contributed by atoms with Gasteiger partial charge in [-0.3, -0.25) is 4.79 Å². The van der Waals surface area contributed by atoms with E-state index in [1.807, 2.05) is 0 Å². The summed E-state index contributed by atoms with van der Waals surface area (Å²) in [6.45, 7) is 18.5. The topological polar surface area (TPSA) is 29.1 Å². The Morgan fingerprint density at radius 1 is 0.773 bits per heavy atom. The number of amides is 1. The van der Waals surface area contributed by atoms with E-state index in [0.29, 0.717) is 5.41 Å². The molecule has 0 heterocycles. The number of rotatable bonds is 9. The summed E-state index contributed by atoms with van der Waals surface area (Å²) in [5, 5.41) is 3.17. The van der Waals surface area contributed by atoms with Gasteiger partial charge in [0.05, 0.1) is 0 Å². The first kappa shape index (κ1) is 21.5. The molecule has 132 valence electrons. The maximum Gasteiger partial charge on any atom is 0.225 e. The van der Waals surface area contributed by atoms with Gasteiger partial charge >= 0.3 is 0 Å². The third-order valence-electron chi connectivity index (χ3n) is 4.28. The molecule has 22 heavy (non-hydrogen) atoms. The minimum Gasteiger partial charge on any atom is -0.355 e. The fraction of sp³-hybridized carbons (Fsp3) is 0.950. The van der Waals surface area contributed by atoms with Gasteiger partial charge in [0.2, 0.25) is 5.91 Å². The van der Waals surface area contributed by atoms with Gasteiger partial charge < -0.3 is 5.32 Å². The summed E-state index contributed by atoms with van der Waals surface area (Å²) >= 11 is 0. The Morgan fingerprint density at radius 2 is 1.32 bits per heavy atom. The highest BCUT2D eigenvalue weighted by atomic mass is 16.2. The molecule has 0 saturated carbocycles. The van der Waals surface area contributed by atoms with E-state index in [-0.39, 0.29) is 16.7 Å². The lowest BCUT2D eigenvalue weighted by Crippen LogP contribution is -2.42. The van der Waals surface area contributed by atoms with Gasteiger partial charge in [-0.2, -0.15) is 0 Å². The number of nitrogens with one attached hydrogen (secondary N) is 1. The first-order valence-electron chi connectivity index (χ1n) is 9.18. The molecule has 0 rings (SSSR count). The van der Waals surface area contributed by atoms with Crippen molar-refractivity contribution in [1.82, 2.24) is 5.32 Å². The maximum atomic E-state index is 12.6. The molecule has 0 bridgehead atoms. The molecule has 0 spiro atoms. The first-order valence-corrected chi connectivity index (χ1v) is 9.18. The predicted molar refractivity (Wildman–Crippen MR) is 98.0 cm³/mol. The highest BCUT2D eigenvalue weighted by molar-refractivity contribution is 5.82. The molecule has 0 aromatic carbocycles. The summed E-state index contributed by atoms with van der Waals surface area (Å²) < 4.78 is 0. The maximum absolute atomic E-state index is 12.6. The molecule has 0 aromatic heterocycles. The van der Waals surface area contributed by atoms with Crippen molar-refractivity contribution in [3.63, 3.8) is 0 Å². The average molecular weight is 312 g/mol. The molecule has 1 amide bonds. The Bertz CT molecular complexity index is 322. The minimum atomic E-state index is -0.193. The van der Waals surface area contributed by atoms with E-state index in [2.05, 4.69) is 60.7 Å². The summed E-state index contributed by atoms with van der Waals surface area (Å²) in [5.74, 6) is 0.250. The molecule has 0 aliphatic rings. The monoisotopic (exact) mass is 311 g/mol. The van der Waals surface area contributed by atoms with Crippen LogP contribution in [0.25, 0.3) is 0 Å². The molecule has 0 aliphatic heterocycles. The van der Waals surface area contributed by atoms with Crippen LogP contribution < -0.4 is 5.32 Å². The van der Waals surface area contributed by atoms with E-state index in [1.165, 1.54) is 19.3 Å². The van der Waals surface area contributed by atoms with Crippen LogP contribution in [0.1, 0.15) is 100 Å². The number of carbonyl (C=O) groups is 1. The molecule has 0 aromatic rings. The van der Waals surface area contributed by atoms with E-state index in [1.54, 1.807) is 0 Å². The zero-order valence-electron chi connectivity index (χ0n) is 16.6. The molecule has 0 fully saturated rings. The lowest BCUT2D eigenvalue weighted by Gasteiger charge is -2.30. The minimum absolute atomic E-state index is 0.148. The van der Waals surface area contributed by atoms with Gasteiger partial charge in [-0.25, -0.2) is 0 Å². The van der Waals surface area contributed by atoms with Crippen LogP contribution in [-0.2, 0) is 4.79 Å². The molecule has 1 atom stereocenters. The van der Waals surface area contributed by atoms with E-state index in [9.17, 15) is 4.79 Å². The Balaban J connectivity index is 4.33. The lowest BCUT2D eigenvalue weighted by molar-refractivity contribution is -0.131. The van der Waals surface area contributed by atoms with Crippen LogP contribution >= 0.6 is 0 Å². The molecular weight excluding hydrogens is 270 g/mol. The van der Waals surface area contributed by atoms with Gasteiger partial charge in [-0.05, 0) is 30.1 Å². The molecule has 0 aliphatic carbocycles. The van der Waals surface area contributed by atoms with Gasteiger partial charge in [0.1, 0.15) is 0 Å². The van der Waals surface area contributed by atoms with Crippen molar-refractivity contribution in [2.24, 2.45) is 16.2 Å². The second-order valence-electron chi connectivity index (χ2n) is 9.68. The normalized spacial score (nSPS) is 15.5. The van der Waals surface area contributed by atoms with Crippen molar-refractivity contribution >= 4 is 5.91 Å². The van der Waals surface area contributed by atoms with Crippen molar-refractivity contribution in [3.8, 4) is 0 Å². The van der Waals surface area contributed by atoms with Crippen molar-refractivity contribution in [3.05, 3.63) is 0 Å². The largest absolute Gasteiger partial charge is 0.355 e. The van der Waals surface area contributed by atoms with Gasteiger partial charge in [0.25, 0.3) is 0 Å². The second kappa shape index (κ2) is 8.93. The Labute approximate surface area is 139 Å². The van der Waals surface area contributed by atoms with Crippen LogP contribution in [0.5, 0.6) is 0 Å². The smallest absolute Gasteiger partial charge is 0.225 e. The lowest BCUT2D eigenvalue weighted by atomic mass is 9.79. The Hall–Kier alpha value is -0.530. The SMILES string of the molecule is CCCC(C)(CCCCCC(C)(C)C)C(=O)NCC(C)(C)C. The first-order chi connectivity index (χ1) is 9.90. The molecule has 0 radical (unpaired) electrons. The summed E-state index contributed by atoms with van der Waals surface area (Å²) in [6, 6.07) is 0. The van der Waals surface area contributed by atoms with E-state index < -0.39 is 0 Å². The fourth-order valence-corrected chi connectivity index (χ4v) is 2.81. The van der Waals surface area contributed by atoms with Crippen LogP contribution in [0.2, 0.25) is 0 Å². The van der Waals surface area contributed by atoms with E-state index in [0.717, 1.165) is 32.2 Å². The standard InChI is InChI=1S/C20H41NO/c1-9-13-20(8,17(22)21-16-19(5,6)7)15-12-10-11-14-18(2,3)4/h9-16H2,1-8H3,(H,21,22). The van der Waals surface area contributed by atoms with Crippen molar-refractivity contribution in [1.29, 1.82) is 0 Å². The number of unbranched alkanes of at least 4 members (excludes halogenated alkanes) is 2. The predicted octanol–water partition coefficient (Wildman–Crippen LogP) is 5.95. The summed E-state index contributed by atoms with van der Waals surface area (Å²) in [6.07, 6.45) is 8.02. The quantitative estimate of drug-likeness (QED) is 0.524. The molecule has 1 N–H and O–H groups in total. The highest BCUT2D eigenvalue weighted by Gasteiger charge is 2.32.